The number of benzene rings is 1. The SMILES string of the molecule is NC(=O)c1cccc(-c2nn3c(c2-c2ccncc2)SCCC3)c1. The van der Waals surface area contributed by atoms with Crippen molar-refractivity contribution in [3.05, 3.63) is 54.4 Å². The minimum atomic E-state index is -0.430. The quantitative estimate of drug-likeness (QED) is 0.797. The van der Waals surface area contributed by atoms with E-state index < -0.39 is 5.91 Å². The first-order valence-corrected chi connectivity index (χ1v) is 8.77. The summed E-state index contributed by atoms with van der Waals surface area (Å²) in [6.07, 6.45) is 4.68. The number of aryl methyl sites for hydroxylation is 1. The van der Waals surface area contributed by atoms with Crippen LogP contribution < -0.4 is 5.73 Å². The van der Waals surface area contributed by atoms with Crippen molar-refractivity contribution in [2.45, 2.75) is 18.0 Å². The summed E-state index contributed by atoms with van der Waals surface area (Å²) in [5.41, 5.74) is 9.89. The van der Waals surface area contributed by atoms with Crippen molar-refractivity contribution < 1.29 is 4.79 Å². The molecular weight excluding hydrogens is 320 g/mol. The van der Waals surface area contributed by atoms with Gasteiger partial charge in [-0.25, -0.2) is 0 Å². The number of nitrogens with two attached hydrogens (primary N) is 1. The zero-order valence-corrected chi connectivity index (χ0v) is 13.8. The van der Waals surface area contributed by atoms with Gasteiger partial charge in [-0.1, -0.05) is 12.1 Å². The third-order valence-electron chi connectivity index (χ3n) is 4.05. The Labute approximate surface area is 143 Å². The van der Waals surface area contributed by atoms with Gasteiger partial charge in [0.15, 0.2) is 0 Å². The van der Waals surface area contributed by atoms with Gasteiger partial charge in [0.25, 0.3) is 0 Å². The van der Waals surface area contributed by atoms with Crippen LogP contribution in [-0.2, 0) is 6.54 Å². The van der Waals surface area contributed by atoms with Crippen molar-refractivity contribution in [3.8, 4) is 22.4 Å². The number of pyridine rings is 1. The summed E-state index contributed by atoms with van der Waals surface area (Å²) in [5, 5.41) is 5.99. The number of hydrogen-bond donors (Lipinski definition) is 1. The molecule has 1 aliphatic heterocycles. The normalized spacial score (nSPS) is 13.5. The fourth-order valence-corrected chi connectivity index (χ4v) is 4.04. The van der Waals surface area contributed by atoms with Crippen LogP contribution in [0.1, 0.15) is 16.8 Å². The van der Waals surface area contributed by atoms with Gasteiger partial charge in [-0.05, 0) is 36.2 Å². The van der Waals surface area contributed by atoms with E-state index in [0.717, 1.165) is 41.1 Å². The molecule has 0 unspecified atom stereocenters. The lowest BCUT2D eigenvalue weighted by Gasteiger charge is -2.14. The Kier molecular flexibility index (Phi) is 3.82. The number of rotatable bonds is 3. The van der Waals surface area contributed by atoms with E-state index in [1.54, 1.807) is 18.5 Å². The Morgan fingerprint density at radius 3 is 2.79 bits per heavy atom. The van der Waals surface area contributed by atoms with Gasteiger partial charge in [-0.15, -0.1) is 11.8 Å². The predicted molar refractivity (Wildman–Crippen MR) is 94.8 cm³/mol. The van der Waals surface area contributed by atoms with Crippen LogP contribution in [-0.4, -0.2) is 26.4 Å². The Balaban J connectivity index is 1.94. The van der Waals surface area contributed by atoms with E-state index in [4.69, 9.17) is 10.8 Å². The number of fused-ring (bicyclic) bond motifs is 1. The molecule has 0 bridgehead atoms. The molecule has 120 valence electrons. The maximum atomic E-state index is 11.5. The van der Waals surface area contributed by atoms with E-state index in [1.807, 2.05) is 42.1 Å². The number of primary amides is 1. The van der Waals surface area contributed by atoms with E-state index in [1.165, 1.54) is 5.03 Å². The zero-order valence-electron chi connectivity index (χ0n) is 13.0. The molecule has 24 heavy (non-hydrogen) atoms. The van der Waals surface area contributed by atoms with Gasteiger partial charge in [0.1, 0.15) is 10.7 Å². The van der Waals surface area contributed by atoms with Crippen LogP contribution in [0.5, 0.6) is 0 Å². The van der Waals surface area contributed by atoms with Crippen molar-refractivity contribution in [2.24, 2.45) is 5.73 Å². The molecule has 2 N–H and O–H groups in total. The lowest BCUT2D eigenvalue weighted by Crippen LogP contribution is -2.10. The molecule has 1 aromatic carbocycles. The molecule has 0 radical (unpaired) electrons. The van der Waals surface area contributed by atoms with Crippen molar-refractivity contribution in [1.29, 1.82) is 0 Å². The highest BCUT2D eigenvalue weighted by Crippen LogP contribution is 2.41. The molecule has 3 heterocycles. The minimum absolute atomic E-state index is 0.430. The molecule has 6 heteroatoms. The first kappa shape index (κ1) is 15.0. The lowest BCUT2D eigenvalue weighted by molar-refractivity contribution is 0.100. The van der Waals surface area contributed by atoms with Crippen LogP contribution in [0.3, 0.4) is 0 Å². The zero-order chi connectivity index (χ0) is 16.5. The highest BCUT2D eigenvalue weighted by Gasteiger charge is 2.23. The van der Waals surface area contributed by atoms with Crippen LogP contribution in [0.4, 0.5) is 0 Å². The maximum absolute atomic E-state index is 11.5. The second-order valence-electron chi connectivity index (χ2n) is 5.63. The number of amides is 1. The number of carbonyl (C=O) groups excluding carboxylic acids is 1. The van der Waals surface area contributed by atoms with Gasteiger partial charge in [0.05, 0.1) is 0 Å². The number of nitrogens with zero attached hydrogens (tertiary/aromatic N) is 3. The van der Waals surface area contributed by atoms with E-state index in [2.05, 4.69) is 9.67 Å². The standard InChI is InChI=1S/C18H16N4OS/c19-17(23)14-4-1-3-13(11-14)16-15(12-5-7-20-8-6-12)18-22(21-16)9-2-10-24-18/h1,3-8,11H,2,9-10H2,(H2,19,23). The smallest absolute Gasteiger partial charge is 0.248 e. The summed E-state index contributed by atoms with van der Waals surface area (Å²) in [6, 6.07) is 11.3. The van der Waals surface area contributed by atoms with Crippen LogP contribution in [0.25, 0.3) is 22.4 Å². The van der Waals surface area contributed by atoms with E-state index in [0.29, 0.717) is 5.56 Å². The average Bonchev–Trinajstić information content (AvgIpc) is 3.02. The third-order valence-corrected chi connectivity index (χ3v) is 5.23. The van der Waals surface area contributed by atoms with Gasteiger partial charge in [0, 0.05) is 41.4 Å². The van der Waals surface area contributed by atoms with Crippen LogP contribution in [0, 0.1) is 0 Å². The first-order chi connectivity index (χ1) is 11.7. The summed E-state index contributed by atoms with van der Waals surface area (Å²) in [5.74, 6) is 0.658. The molecule has 1 aliphatic rings. The lowest BCUT2D eigenvalue weighted by atomic mass is 10.0. The summed E-state index contributed by atoms with van der Waals surface area (Å²) < 4.78 is 2.07. The molecule has 2 aromatic heterocycles. The molecule has 4 rings (SSSR count). The average molecular weight is 336 g/mol. The molecule has 1 amide bonds. The molecular formula is C18H16N4OS. The van der Waals surface area contributed by atoms with Gasteiger partial charge >= 0.3 is 0 Å². The summed E-state index contributed by atoms with van der Waals surface area (Å²) in [4.78, 5) is 15.6. The molecule has 5 nitrogen and oxygen atoms in total. The molecule has 3 aromatic rings. The molecule has 0 saturated carbocycles. The Morgan fingerprint density at radius 2 is 2.00 bits per heavy atom. The fraction of sp³-hybridized carbons (Fsp3) is 0.167. The van der Waals surface area contributed by atoms with Crippen LogP contribution in [0.15, 0.2) is 53.8 Å². The highest BCUT2D eigenvalue weighted by molar-refractivity contribution is 7.99. The molecule has 0 spiro atoms. The van der Waals surface area contributed by atoms with E-state index in [-0.39, 0.29) is 0 Å². The maximum Gasteiger partial charge on any atom is 0.248 e. The van der Waals surface area contributed by atoms with Gasteiger partial charge < -0.3 is 5.73 Å². The Hall–Kier alpha value is -2.60. The van der Waals surface area contributed by atoms with Gasteiger partial charge in [0.2, 0.25) is 5.91 Å². The van der Waals surface area contributed by atoms with Crippen molar-refractivity contribution >= 4 is 17.7 Å². The topological polar surface area (TPSA) is 73.8 Å². The van der Waals surface area contributed by atoms with Crippen LogP contribution in [0.2, 0.25) is 0 Å². The van der Waals surface area contributed by atoms with Crippen molar-refractivity contribution in [1.82, 2.24) is 14.8 Å². The van der Waals surface area contributed by atoms with E-state index >= 15 is 0 Å². The summed E-state index contributed by atoms with van der Waals surface area (Å²) in [6.45, 7) is 0.913. The number of thioether (sulfide) groups is 1. The molecule has 0 saturated heterocycles. The fourth-order valence-electron chi connectivity index (χ4n) is 2.93. The van der Waals surface area contributed by atoms with Crippen molar-refractivity contribution in [2.75, 3.05) is 5.75 Å². The molecule has 0 aliphatic carbocycles. The number of carbonyl (C=O) groups is 1. The summed E-state index contributed by atoms with van der Waals surface area (Å²) >= 11 is 1.82. The number of aromatic nitrogens is 3. The predicted octanol–water partition coefficient (Wildman–Crippen LogP) is 3.21. The van der Waals surface area contributed by atoms with Crippen LogP contribution >= 0.6 is 11.8 Å². The second-order valence-corrected chi connectivity index (χ2v) is 6.72. The molecule has 0 atom stereocenters. The summed E-state index contributed by atoms with van der Waals surface area (Å²) in [7, 11) is 0. The van der Waals surface area contributed by atoms with Crippen molar-refractivity contribution in [3.63, 3.8) is 0 Å². The van der Waals surface area contributed by atoms with Gasteiger partial charge in [-0.2, -0.15) is 5.10 Å². The molecule has 0 fully saturated rings. The Morgan fingerprint density at radius 1 is 1.17 bits per heavy atom. The second kappa shape index (κ2) is 6.13. The monoisotopic (exact) mass is 336 g/mol. The minimum Gasteiger partial charge on any atom is -0.366 e. The first-order valence-electron chi connectivity index (χ1n) is 7.78. The highest BCUT2D eigenvalue weighted by atomic mass is 32.2. The number of hydrogen-bond acceptors (Lipinski definition) is 4. The largest absolute Gasteiger partial charge is 0.366 e. The van der Waals surface area contributed by atoms with Gasteiger partial charge in [-0.3, -0.25) is 14.5 Å². The Bertz CT molecular complexity index is 905. The van der Waals surface area contributed by atoms with E-state index in [9.17, 15) is 4.79 Å². The third kappa shape index (κ3) is 2.59.